The molecule has 7 heteroatoms. The Kier molecular flexibility index (Phi) is 4.36. The lowest BCUT2D eigenvalue weighted by molar-refractivity contribution is 0.174. The van der Waals surface area contributed by atoms with E-state index in [9.17, 15) is 0 Å². The van der Waals surface area contributed by atoms with Crippen LogP contribution in [0.2, 0.25) is 0 Å². The predicted octanol–water partition coefficient (Wildman–Crippen LogP) is 6.55. The van der Waals surface area contributed by atoms with E-state index >= 15 is 0 Å². The molecule has 0 atom stereocenters. The van der Waals surface area contributed by atoms with Crippen LogP contribution in [0.3, 0.4) is 0 Å². The highest BCUT2D eigenvalue weighted by atomic mass is 32.1. The molecule has 0 aliphatic carbocycles. The van der Waals surface area contributed by atoms with Crippen molar-refractivity contribution in [2.75, 3.05) is 6.79 Å². The second kappa shape index (κ2) is 7.37. The maximum absolute atomic E-state index is 6.20. The van der Waals surface area contributed by atoms with Crippen molar-refractivity contribution in [1.82, 2.24) is 4.98 Å². The zero-order valence-corrected chi connectivity index (χ0v) is 18.1. The van der Waals surface area contributed by atoms with Crippen molar-refractivity contribution in [3.63, 3.8) is 0 Å². The van der Waals surface area contributed by atoms with Crippen molar-refractivity contribution >= 4 is 38.8 Å². The molecule has 3 aromatic heterocycles. The number of aromatic nitrogens is 1. The van der Waals surface area contributed by atoms with Crippen LogP contribution in [0.1, 0.15) is 4.88 Å². The first-order chi connectivity index (χ1) is 15.2. The van der Waals surface area contributed by atoms with Crippen LogP contribution in [0.15, 0.2) is 75.5 Å². The van der Waals surface area contributed by atoms with E-state index in [0.717, 1.165) is 54.0 Å². The van der Waals surface area contributed by atoms with Crippen LogP contribution < -0.4 is 14.8 Å². The number of thiophene rings is 1. The van der Waals surface area contributed by atoms with Gasteiger partial charge in [-0.15, -0.1) is 11.3 Å². The lowest BCUT2D eigenvalue weighted by Crippen LogP contribution is -2.03. The molecule has 152 valence electrons. The molecule has 0 N–H and O–H groups in total. The second-order valence-electron chi connectivity index (χ2n) is 7.05. The Bertz CT molecular complexity index is 1480. The quantitative estimate of drug-likeness (QED) is 0.316. The third-order valence-electron chi connectivity index (χ3n) is 5.06. The minimum absolute atomic E-state index is 0.240. The van der Waals surface area contributed by atoms with Crippen molar-refractivity contribution in [3.8, 4) is 33.4 Å². The SMILES string of the molecule is Cc1sc(/N=c2\cc(-c3ccc4c(c3)OCO4)oc3ccccc23)nc1-c1cccs1. The number of ether oxygens (including phenoxy) is 2. The molecule has 5 aromatic rings. The maximum atomic E-state index is 6.20. The number of aryl methyl sites for hydroxylation is 1. The highest BCUT2D eigenvalue weighted by Crippen LogP contribution is 2.37. The monoisotopic (exact) mass is 444 g/mol. The fourth-order valence-electron chi connectivity index (χ4n) is 3.58. The number of fused-ring (bicyclic) bond motifs is 2. The zero-order chi connectivity index (χ0) is 20.8. The van der Waals surface area contributed by atoms with Gasteiger partial charge in [-0.3, -0.25) is 0 Å². The molecule has 0 spiro atoms. The van der Waals surface area contributed by atoms with E-state index in [0.29, 0.717) is 5.76 Å². The summed E-state index contributed by atoms with van der Waals surface area (Å²) in [5.74, 6) is 2.17. The topological polar surface area (TPSA) is 56.9 Å². The van der Waals surface area contributed by atoms with Crippen molar-refractivity contribution in [2.24, 2.45) is 4.99 Å². The summed E-state index contributed by atoms with van der Waals surface area (Å²) >= 11 is 3.28. The van der Waals surface area contributed by atoms with Gasteiger partial charge in [-0.1, -0.05) is 29.5 Å². The average molecular weight is 445 g/mol. The summed E-state index contributed by atoms with van der Waals surface area (Å²) in [4.78, 5) is 12.0. The molecule has 1 aliphatic rings. The molecule has 5 nitrogen and oxygen atoms in total. The number of para-hydroxylation sites is 1. The van der Waals surface area contributed by atoms with Crippen molar-refractivity contribution in [3.05, 3.63) is 76.3 Å². The van der Waals surface area contributed by atoms with E-state index in [4.69, 9.17) is 23.9 Å². The van der Waals surface area contributed by atoms with Crippen LogP contribution in [0.25, 0.3) is 32.9 Å². The number of thiazole rings is 1. The fourth-order valence-corrected chi connectivity index (χ4v) is 5.22. The van der Waals surface area contributed by atoms with Gasteiger partial charge >= 0.3 is 0 Å². The van der Waals surface area contributed by atoms with Crippen LogP contribution >= 0.6 is 22.7 Å². The molecule has 0 bridgehead atoms. The minimum Gasteiger partial charge on any atom is -0.456 e. The van der Waals surface area contributed by atoms with E-state index in [1.165, 1.54) is 0 Å². The van der Waals surface area contributed by atoms with Gasteiger partial charge in [-0.25, -0.2) is 9.98 Å². The smallest absolute Gasteiger partial charge is 0.231 e. The predicted molar refractivity (Wildman–Crippen MR) is 123 cm³/mol. The lowest BCUT2D eigenvalue weighted by atomic mass is 10.1. The number of hydrogen-bond acceptors (Lipinski definition) is 7. The molecule has 2 aromatic carbocycles. The van der Waals surface area contributed by atoms with Gasteiger partial charge in [0.15, 0.2) is 11.5 Å². The van der Waals surface area contributed by atoms with Gasteiger partial charge < -0.3 is 13.9 Å². The van der Waals surface area contributed by atoms with Crippen LogP contribution in [-0.4, -0.2) is 11.8 Å². The maximum Gasteiger partial charge on any atom is 0.231 e. The third kappa shape index (κ3) is 3.32. The molecule has 0 radical (unpaired) electrons. The Morgan fingerprint density at radius 2 is 1.87 bits per heavy atom. The molecule has 6 rings (SSSR count). The summed E-state index contributed by atoms with van der Waals surface area (Å²) < 4.78 is 17.2. The standard InChI is InChI=1S/C24H16N2O3S2/c1-14-23(22-7-4-10-30-22)26-24(31-14)25-17-12-20(29-18-6-3-2-5-16(17)18)15-8-9-19-21(11-15)28-13-27-19/h2-12H,13H2,1H3/b25-17+. The number of nitrogens with zero attached hydrogens (tertiary/aromatic N) is 2. The summed E-state index contributed by atoms with van der Waals surface area (Å²) in [7, 11) is 0. The molecular weight excluding hydrogens is 428 g/mol. The van der Waals surface area contributed by atoms with Gasteiger partial charge in [0, 0.05) is 21.9 Å². The van der Waals surface area contributed by atoms with Crippen LogP contribution in [0.5, 0.6) is 11.5 Å². The lowest BCUT2D eigenvalue weighted by Gasteiger charge is -2.05. The molecule has 0 saturated carbocycles. The molecule has 0 saturated heterocycles. The second-order valence-corrected chi connectivity index (χ2v) is 9.18. The first-order valence-electron chi connectivity index (χ1n) is 9.73. The van der Waals surface area contributed by atoms with E-state index in [1.807, 2.05) is 54.6 Å². The van der Waals surface area contributed by atoms with Gasteiger partial charge in [-0.05, 0) is 48.7 Å². The summed E-state index contributed by atoms with van der Waals surface area (Å²) in [6.45, 7) is 2.33. The molecule has 1 aliphatic heterocycles. The number of hydrogen-bond donors (Lipinski definition) is 0. The van der Waals surface area contributed by atoms with Crippen LogP contribution in [0.4, 0.5) is 5.13 Å². The van der Waals surface area contributed by atoms with E-state index < -0.39 is 0 Å². The summed E-state index contributed by atoms with van der Waals surface area (Å²) in [6, 6.07) is 19.8. The molecule has 31 heavy (non-hydrogen) atoms. The van der Waals surface area contributed by atoms with E-state index in [1.54, 1.807) is 22.7 Å². The first-order valence-corrected chi connectivity index (χ1v) is 11.4. The van der Waals surface area contributed by atoms with Gasteiger partial charge in [0.25, 0.3) is 0 Å². The first kappa shape index (κ1) is 18.4. The Balaban J connectivity index is 1.52. The third-order valence-corrected chi connectivity index (χ3v) is 6.81. The minimum atomic E-state index is 0.240. The van der Waals surface area contributed by atoms with Gasteiger partial charge in [0.1, 0.15) is 11.3 Å². The van der Waals surface area contributed by atoms with Gasteiger partial charge in [0.05, 0.1) is 15.9 Å². The van der Waals surface area contributed by atoms with E-state index in [2.05, 4.69) is 18.4 Å². The highest BCUT2D eigenvalue weighted by molar-refractivity contribution is 7.17. The molecule has 0 unspecified atom stereocenters. The molecule has 4 heterocycles. The number of rotatable bonds is 3. The fraction of sp³-hybridized carbons (Fsp3) is 0.0833. The largest absolute Gasteiger partial charge is 0.456 e. The van der Waals surface area contributed by atoms with Gasteiger partial charge in [0.2, 0.25) is 11.9 Å². The highest BCUT2D eigenvalue weighted by Gasteiger charge is 2.16. The van der Waals surface area contributed by atoms with Crippen molar-refractivity contribution in [2.45, 2.75) is 6.92 Å². The molecule has 0 amide bonds. The molecule has 0 fully saturated rings. The Hall–Kier alpha value is -3.42. The molecular formula is C24H16N2O3S2. The Morgan fingerprint density at radius 3 is 2.77 bits per heavy atom. The van der Waals surface area contributed by atoms with Crippen LogP contribution in [0, 0.1) is 6.92 Å². The summed E-state index contributed by atoms with van der Waals surface area (Å²) in [5.41, 5.74) is 2.67. The Morgan fingerprint density at radius 1 is 0.968 bits per heavy atom. The van der Waals surface area contributed by atoms with Crippen molar-refractivity contribution in [1.29, 1.82) is 0 Å². The average Bonchev–Trinajstić information content (AvgIpc) is 3.54. The normalized spacial score (nSPS) is 13.3. The Labute approximate surface area is 185 Å². The number of benzene rings is 2. The summed E-state index contributed by atoms with van der Waals surface area (Å²) in [6.07, 6.45) is 0. The van der Waals surface area contributed by atoms with Crippen molar-refractivity contribution < 1.29 is 13.9 Å². The summed E-state index contributed by atoms with van der Waals surface area (Å²) in [5, 5.41) is 4.56. The van der Waals surface area contributed by atoms with Crippen LogP contribution in [-0.2, 0) is 0 Å². The zero-order valence-electron chi connectivity index (χ0n) is 16.5. The van der Waals surface area contributed by atoms with E-state index in [-0.39, 0.29) is 6.79 Å². The van der Waals surface area contributed by atoms with Gasteiger partial charge in [-0.2, -0.15) is 0 Å².